The highest BCUT2D eigenvalue weighted by molar-refractivity contribution is 7.22. The van der Waals surface area contributed by atoms with Crippen LogP contribution in [0.15, 0.2) is 24.3 Å². The Labute approximate surface area is 140 Å². The van der Waals surface area contributed by atoms with Crippen LogP contribution in [0.2, 0.25) is 0 Å². The monoisotopic (exact) mass is 330 g/mol. The Morgan fingerprint density at radius 3 is 3.09 bits per heavy atom. The van der Waals surface area contributed by atoms with E-state index in [0.29, 0.717) is 17.2 Å². The fourth-order valence-electron chi connectivity index (χ4n) is 3.77. The summed E-state index contributed by atoms with van der Waals surface area (Å²) in [5.41, 5.74) is 0.945. The van der Waals surface area contributed by atoms with Crippen LogP contribution >= 0.6 is 11.3 Å². The molecule has 2 saturated heterocycles. The number of thiazole rings is 1. The van der Waals surface area contributed by atoms with Crippen molar-refractivity contribution < 1.29 is 4.79 Å². The molecule has 0 unspecified atom stereocenters. The van der Waals surface area contributed by atoms with Gasteiger partial charge in [0.2, 0.25) is 0 Å². The number of para-hydroxylation sites is 1. The number of nitrogens with one attached hydrogen (secondary N) is 1. The third-order valence-corrected chi connectivity index (χ3v) is 5.98. The largest absolute Gasteiger partial charge is 0.323 e. The highest BCUT2D eigenvalue weighted by Crippen LogP contribution is 2.28. The Balaban J connectivity index is 1.50. The average molecular weight is 330 g/mol. The molecule has 6 heteroatoms. The lowest BCUT2D eigenvalue weighted by Gasteiger charge is -2.43. The number of rotatable bonds is 2. The van der Waals surface area contributed by atoms with Gasteiger partial charge in [-0.05, 0) is 37.9 Å². The number of urea groups is 1. The van der Waals surface area contributed by atoms with Gasteiger partial charge in [-0.25, -0.2) is 9.78 Å². The second-order valence-electron chi connectivity index (χ2n) is 6.42. The maximum Gasteiger partial charge on any atom is 0.323 e. The van der Waals surface area contributed by atoms with E-state index >= 15 is 0 Å². The highest BCUT2D eigenvalue weighted by atomic mass is 32.1. The molecular weight excluding hydrogens is 308 g/mol. The average Bonchev–Trinajstić information content (AvgIpc) is 3.18. The van der Waals surface area contributed by atoms with Crippen LogP contribution in [0.25, 0.3) is 10.2 Å². The first kappa shape index (κ1) is 14.9. The first-order valence-corrected chi connectivity index (χ1v) is 9.23. The number of hydrogen-bond donors (Lipinski definition) is 1. The van der Waals surface area contributed by atoms with Crippen LogP contribution in [0, 0.1) is 0 Å². The Morgan fingerprint density at radius 1 is 1.39 bits per heavy atom. The number of piperazine rings is 1. The first-order chi connectivity index (χ1) is 11.2. The van der Waals surface area contributed by atoms with Gasteiger partial charge in [0, 0.05) is 25.2 Å². The van der Waals surface area contributed by atoms with E-state index in [9.17, 15) is 4.79 Å². The van der Waals surface area contributed by atoms with Crippen LogP contribution in [0.3, 0.4) is 0 Å². The first-order valence-electron chi connectivity index (χ1n) is 8.42. The predicted octanol–water partition coefficient (Wildman–Crippen LogP) is 3.39. The molecule has 0 spiro atoms. The van der Waals surface area contributed by atoms with Crippen LogP contribution in [-0.4, -0.2) is 52.5 Å². The van der Waals surface area contributed by atoms with Gasteiger partial charge in [0.25, 0.3) is 0 Å². The molecule has 2 aliphatic rings. The van der Waals surface area contributed by atoms with Gasteiger partial charge in [0.05, 0.1) is 10.2 Å². The summed E-state index contributed by atoms with van der Waals surface area (Å²) in [6.45, 7) is 5.21. The van der Waals surface area contributed by atoms with E-state index in [1.807, 2.05) is 29.2 Å². The van der Waals surface area contributed by atoms with Gasteiger partial charge in [-0.2, -0.15) is 0 Å². The number of aromatic nitrogens is 1. The van der Waals surface area contributed by atoms with Gasteiger partial charge in [-0.3, -0.25) is 10.2 Å². The third-order valence-electron chi connectivity index (χ3n) is 5.03. The Kier molecular flexibility index (Phi) is 3.95. The summed E-state index contributed by atoms with van der Waals surface area (Å²) < 4.78 is 1.11. The molecule has 2 aromatic rings. The summed E-state index contributed by atoms with van der Waals surface area (Å²) in [6, 6.07) is 8.83. The van der Waals surface area contributed by atoms with Crippen LogP contribution in [-0.2, 0) is 0 Å². The number of nitrogens with zero attached hydrogens (tertiary/aromatic N) is 3. The number of carbonyl (C=O) groups is 1. The van der Waals surface area contributed by atoms with Crippen molar-refractivity contribution in [2.45, 2.75) is 38.3 Å². The standard InChI is InChI=1S/C17H22N4OS/c1-2-12-10-20-9-5-6-13(20)11-21(12)17(22)19-16-18-14-7-3-4-8-15(14)23-16/h3-4,7-8,12-13H,2,5-6,9-11H2,1H3,(H,18,19,22)/t12-,13+/m1/s1. The van der Waals surface area contributed by atoms with Gasteiger partial charge < -0.3 is 4.90 Å². The van der Waals surface area contributed by atoms with E-state index in [0.717, 1.165) is 29.7 Å². The maximum absolute atomic E-state index is 12.8. The fourth-order valence-corrected chi connectivity index (χ4v) is 4.63. The van der Waals surface area contributed by atoms with E-state index in [1.54, 1.807) is 0 Å². The van der Waals surface area contributed by atoms with Gasteiger partial charge in [0.1, 0.15) is 0 Å². The zero-order valence-electron chi connectivity index (χ0n) is 13.4. The van der Waals surface area contributed by atoms with Crippen molar-refractivity contribution in [3.8, 4) is 0 Å². The van der Waals surface area contributed by atoms with Crippen molar-refractivity contribution in [1.82, 2.24) is 14.8 Å². The van der Waals surface area contributed by atoms with Gasteiger partial charge >= 0.3 is 6.03 Å². The molecule has 2 fully saturated rings. The number of fused-ring (bicyclic) bond motifs is 2. The topological polar surface area (TPSA) is 48.5 Å². The Bertz CT molecular complexity index is 682. The summed E-state index contributed by atoms with van der Waals surface area (Å²) in [5.74, 6) is 0. The van der Waals surface area contributed by atoms with E-state index in [1.165, 1.54) is 30.7 Å². The SMILES string of the molecule is CC[C@@H]1CN2CCC[C@H]2CN1C(=O)Nc1nc2ccccc2s1. The molecule has 3 heterocycles. The molecule has 2 aliphatic heterocycles. The zero-order valence-corrected chi connectivity index (χ0v) is 14.2. The van der Waals surface area contributed by atoms with Crippen molar-refractivity contribution in [2.75, 3.05) is 25.0 Å². The van der Waals surface area contributed by atoms with Crippen LogP contribution in [0.5, 0.6) is 0 Å². The lowest BCUT2D eigenvalue weighted by atomic mass is 10.1. The third kappa shape index (κ3) is 2.81. The molecule has 122 valence electrons. The van der Waals surface area contributed by atoms with Crippen LogP contribution in [0.4, 0.5) is 9.93 Å². The minimum absolute atomic E-state index is 0.00227. The maximum atomic E-state index is 12.8. The van der Waals surface area contributed by atoms with E-state index in [2.05, 4.69) is 22.1 Å². The molecule has 0 radical (unpaired) electrons. The molecule has 23 heavy (non-hydrogen) atoms. The van der Waals surface area contributed by atoms with Gasteiger partial charge in [-0.1, -0.05) is 30.4 Å². The minimum atomic E-state index is 0.00227. The molecule has 0 aliphatic carbocycles. The zero-order chi connectivity index (χ0) is 15.8. The molecule has 1 N–H and O–H groups in total. The molecular formula is C17H22N4OS. The Hall–Kier alpha value is -1.66. The molecule has 2 amide bonds. The lowest BCUT2D eigenvalue weighted by molar-refractivity contribution is 0.0767. The summed E-state index contributed by atoms with van der Waals surface area (Å²) >= 11 is 1.54. The number of hydrogen-bond acceptors (Lipinski definition) is 4. The predicted molar refractivity (Wildman–Crippen MR) is 94.0 cm³/mol. The van der Waals surface area contributed by atoms with E-state index < -0.39 is 0 Å². The summed E-state index contributed by atoms with van der Waals surface area (Å²) in [6.07, 6.45) is 3.46. The van der Waals surface area contributed by atoms with Crippen LogP contribution < -0.4 is 5.32 Å². The smallest absolute Gasteiger partial charge is 0.319 e. The second-order valence-corrected chi connectivity index (χ2v) is 7.45. The molecule has 1 aromatic heterocycles. The number of carbonyl (C=O) groups excluding carboxylic acids is 1. The highest BCUT2D eigenvalue weighted by Gasteiger charge is 2.37. The molecule has 0 bridgehead atoms. The van der Waals surface area contributed by atoms with Crippen LogP contribution in [0.1, 0.15) is 26.2 Å². The quantitative estimate of drug-likeness (QED) is 0.918. The van der Waals surface area contributed by atoms with E-state index in [4.69, 9.17) is 0 Å². The number of amides is 2. The summed E-state index contributed by atoms with van der Waals surface area (Å²) in [5, 5.41) is 3.72. The van der Waals surface area contributed by atoms with Crippen molar-refractivity contribution in [3.63, 3.8) is 0 Å². The molecule has 4 rings (SSSR count). The van der Waals surface area contributed by atoms with Crippen molar-refractivity contribution in [3.05, 3.63) is 24.3 Å². The fraction of sp³-hybridized carbons (Fsp3) is 0.529. The van der Waals surface area contributed by atoms with E-state index in [-0.39, 0.29) is 6.03 Å². The van der Waals surface area contributed by atoms with Crippen molar-refractivity contribution >= 4 is 32.7 Å². The molecule has 5 nitrogen and oxygen atoms in total. The molecule has 1 aromatic carbocycles. The summed E-state index contributed by atoms with van der Waals surface area (Å²) in [7, 11) is 0. The summed E-state index contributed by atoms with van der Waals surface area (Å²) in [4.78, 5) is 21.9. The van der Waals surface area contributed by atoms with Gasteiger partial charge in [0.15, 0.2) is 5.13 Å². The molecule has 2 atom stereocenters. The second kappa shape index (κ2) is 6.09. The van der Waals surface area contributed by atoms with Gasteiger partial charge in [-0.15, -0.1) is 0 Å². The van der Waals surface area contributed by atoms with Crippen molar-refractivity contribution in [2.24, 2.45) is 0 Å². The van der Waals surface area contributed by atoms with Crippen molar-refractivity contribution in [1.29, 1.82) is 0 Å². The minimum Gasteiger partial charge on any atom is -0.319 e. The Morgan fingerprint density at radius 2 is 2.26 bits per heavy atom. The molecule has 0 saturated carbocycles. The normalized spacial score (nSPS) is 24.8. The lowest BCUT2D eigenvalue weighted by Crippen LogP contribution is -2.58. The number of benzene rings is 1. The number of anilines is 1.